The van der Waals surface area contributed by atoms with Gasteiger partial charge in [0.15, 0.2) is 0 Å². The number of nitrogen functional groups attached to an aromatic ring is 1. The van der Waals surface area contributed by atoms with E-state index in [1.807, 2.05) is 0 Å². The van der Waals surface area contributed by atoms with E-state index in [0.717, 1.165) is 6.07 Å². The lowest BCUT2D eigenvalue weighted by molar-refractivity contribution is -0.119. The van der Waals surface area contributed by atoms with Gasteiger partial charge in [-0.05, 0) is 24.6 Å². The van der Waals surface area contributed by atoms with Gasteiger partial charge in [0.1, 0.15) is 5.82 Å². The summed E-state index contributed by atoms with van der Waals surface area (Å²) in [4.78, 5) is 23.8. The Labute approximate surface area is 109 Å². The Hall–Kier alpha value is -2.31. The molecule has 2 amide bonds. The Bertz CT molecular complexity index is 521. The molecule has 0 spiro atoms. The maximum Gasteiger partial charge on any atom is 0.407 e. The molecule has 1 atom stereocenters. The summed E-state index contributed by atoms with van der Waals surface area (Å²) in [5.41, 5.74) is 5.73. The minimum absolute atomic E-state index is 0.0491. The zero-order valence-corrected chi connectivity index (χ0v) is 10.1. The minimum Gasteiger partial charge on any atom is -0.465 e. The number of rotatable bonds is 2. The van der Waals surface area contributed by atoms with Gasteiger partial charge in [-0.25, -0.2) is 9.18 Å². The largest absolute Gasteiger partial charge is 0.465 e. The van der Waals surface area contributed by atoms with E-state index in [-0.39, 0.29) is 23.8 Å². The molecule has 7 heteroatoms. The summed E-state index contributed by atoms with van der Waals surface area (Å²) in [5.74, 6) is -1.44. The lowest BCUT2D eigenvalue weighted by Gasteiger charge is -2.13. The van der Waals surface area contributed by atoms with E-state index < -0.39 is 17.8 Å². The second-order valence-electron chi connectivity index (χ2n) is 4.44. The summed E-state index contributed by atoms with van der Waals surface area (Å²) >= 11 is 0. The van der Waals surface area contributed by atoms with Crippen molar-refractivity contribution in [1.82, 2.24) is 4.90 Å². The van der Waals surface area contributed by atoms with E-state index in [1.54, 1.807) is 0 Å². The van der Waals surface area contributed by atoms with E-state index in [4.69, 9.17) is 10.8 Å². The van der Waals surface area contributed by atoms with Crippen molar-refractivity contribution in [2.45, 2.75) is 6.42 Å². The Morgan fingerprint density at radius 3 is 2.79 bits per heavy atom. The molecule has 0 aliphatic carbocycles. The number of halogens is 1. The maximum absolute atomic E-state index is 13.5. The van der Waals surface area contributed by atoms with Crippen LogP contribution in [-0.4, -0.2) is 35.1 Å². The normalized spacial score (nSPS) is 18.4. The maximum atomic E-state index is 13.5. The van der Waals surface area contributed by atoms with Crippen molar-refractivity contribution in [2.75, 3.05) is 24.1 Å². The molecule has 1 aromatic carbocycles. The molecule has 1 aliphatic heterocycles. The molecule has 0 radical (unpaired) electrons. The smallest absolute Gasteiger partial charge is 0.407 e. The highest BCUT2D eigenvalue weighted by Gasteiger charge is 2.31. The van der Waals surface area contributed by atoms with Gasteiger partial charge in [-0.1, -0.05) is 0 Å². The Kier molecular flexibility index (Phi) is 3.55. The number of nitrogens with two attached hydrogens (primary N) is 1. The molecular weight excluding hydrogens is 253 g/mol. The highest BCUT2D eigenvalue weighted by Crippen LogP contribution is 2.21. The quantitative estimate of drug-likeness (QED) is 0.705. The number of benzene rings is 1. The third-order valence-electron chi connectivity index (χ3n) is 3.08. The fraction of sp³-hybridized carbons (Fsp3) is 0.333. The lowest BCUT2D eigenvalue weighted by atomic mass is 10.1. The molecular formula is C12H14FN3O3. The first-order valence-electron chi connectivity index (χ1n) is 5.81. The summed E-state index contributed by atoms with van der Waals surface area (Å²) in [6.07, 6.45) is -0.608. The Morgan fingerprint density at radius 2 is 2.21 bits per heavy atom. The van der Waals surface area contributed by atoms with E-state index in [1.165, 1.54) is 17.0 Å². The highest BCUT2D eigenvalue weighted by atomic mass is 19.1. The summed E-state index contributed by atoms with van der Waals surface area (Å²) < 4.78 is 13.5. The monoisotopic (exact) mass is 267 g/mol. The number of hydrogen-bond acceptors (Lipinski definition) is 3. The van der Waals surface area contributed by atoms with E-state index in [0.29, 0.717) is 13.0 Å². The van der Waals surface area contributed by atoms with Crippen LogP contribution in [0.3, 0.4) is 0 Å². The van der Waals surface area contributed by atoms with E-state index >= 15 is 0 Å². The number of nitrogens with zero attached hydrogens (tertiary/aromatic N) is 1. The molecule has 0 aromatic heterocycles. The van der Waals surface area contributed by atoms with Crippen molar-refractivity contribution < 1.29 is 19.1 Å². The fourth-order valence-electron chi connectivity index (χ4n) is 2.02. The summed E-state index contributed by atoms with van der Waals surface area (Å²) in [7, 11) is 0. The average Bonchev–Trinajstić information content (AvgIpc) is 2.82. The number of hydrogen-bond donors (Lipinski definition) is 3. The third kappa shape index (κ3) is 2.93. The van der Waals surface area contributed by atoms with Crippen molar-refractivity contribution in [3.8, 4) is 0 Å². The van der Waals surface area contributed by atoms with Crippen molar-refractivity contribution >= 4 is 23.4 Å². The molecule has 4 N–H and O–H groups in total. The van der Waals surface area contributed by atoms with E-state index in [2.05, 4.69) is 5.32 Å². The molecule has 1 fully saturated rings. The molecule has 0 bridgehead atoms. The van der Waals surface area contributed by atoms with Gasteiger partial charge in [0.2, 0.25) is 5.91 Å². The SMILES string of the molecule is Nc1ccc(NC(=O)C2CCN(C(=O)O)C2)c(F)c1. The van der Waals surface area contributed by atoms with Crippen molar-refractivity contribution in [2.24, 2.45) is 5.92 Å². The summed E-state index contributed by atoms with van der Waals surface area (Å²) in [5, 5.41) is 11.2. The first kappa shape index (κ1) is 13.1. The molecule has 1 aliphatic rings. The highest BCUT2D eigenvalue weighted by molar-refractivity contribution is 5.93. The molecule has 6 nitrogen and oxygen atoms in total. The second kappa shape index (κ2) is 5.13. The number of carbonyl (C=O) groups excluding carboxylic acids is 1. The molecule has 2 rings (SSSR count). The Balaban J connectivity index is 2.00. The zero-order chi connectivity index (χ0) is 14.0. The average molecular weight is 267 g/mol. The number of carboxylic acid groups (broad SMARTS) is 1. The van der Waals surface area contributed by atoms with Crippen LogP contribution in [0, 0.1) is 11.7 Å². The fourth-order valence-corrected chi connectivity index (χ4v) is 2.02. The van der Waals surface area contributed by atoms with Crippen LogP contribution in [0.5, 0.6) is 0 Å². The first-order valence-corrected chi connectivity index (χ1v) is 5.81. The van der Waals surface area contributed by atoms with Crippen LogP contribution in [0.4, 0.5) is 20.6 Å². The molecule has 102 valence electrons. The topological polar surface area (TPSA) is 95.7 Å². The molecule has 1 heterocycles. The van der Waals surface area contributed by atoms with Gasteiger partial charge in [-0.3, -0.25) is 4.79 Å². The first-order chi connectivity index (χ1) is 8.97. The van der Waals surface area contributed by atoms with Crippen LogP contribution < -0.4 is 11.1 Å². The molecule has 0 saturated carbocycles. The predicted octanol–water partition coefficient (Wildman–Crippen LogP) is 1.35. The van der Waals surface area contributed by atoms with Crippen molar-refractivity contribution in [1.29, 1.82) is 0 Å². The van der Waals surface area contributed by atoms with Gasteiger partial charge in [0.25, 0.3) is 0 Å². The predicted molar refractivity (Wildman–Crippen MR) is 67.1 cm³/mol. The molecule has 1 aromatic rings. The van der Waals surface area contributed by atoms with Crippen LogP contribution in [0.1, 0.15) is 6.42 Å². The van der Waals surface area contributed by atoms with Crippen molar-refractivity contribution in [3.05, 3.63) is 24.0 Å². The van der Waals surface area contributed by atoms with E-state index in [9.17, 15) is 14.0 Å². The van der Waals surface area contributed by atoms with Crippen LogP contribution in [-0.2, 0) is 4.79 Å². The molecule has 19 heavy (non-hydrogen) atoms. The summed E-state index contributed by atoms with van der Waals surface area (Å²) in [6.45, 7) is 0.454. The van der Waals surface area contributed by atoms with Gasteiger partial charge in [0, 0.05) is 18.8 Å². The van der Waals surface area contributed by atoms with Crippen molar-refractivity contribution in [3.63, 3.8) is 0 Å². The number of anilines is 2. The zero-order valence-electron chi connectivity index (χ0n) is 10.1. The minimum atomic E-state index is -1.05. The second-order valence-corrected chi connectivity index (χ2v) is 4.44. The number of likely N-dealkylation sites (tertiary alicyclic amines) is 1. The van der Waals surface area contributed by atoms with Gasteiger partial charge in [-0.2, -0.15) is 0 Å². The van der Waals surface area contributed by atoms with Gasteiger partial charge < -0.3 is 21.1 Å². The van der Waals surface area contributed by atoms with Crippen LogP contribution >= 0.6 is 0 Å². The summed E-state index contributed by atoms with van der Waals surface area (Å²) in [6, 6.07) is 3.98. The van der Waals surface area contributed by atoms with Crippen LogP contribution in [0.2, 0.25) is 0 Å². The Morgan fingerprint density at radius 1 is 1.47 bits per heavy atom. The third-order valence-corrected chi connectivity index (χ3v) is 3.08. The van der Waals surface area contributed by atoms with Gasteiger partial charge in [0.05, 0.1) is 11.6 Å². The van der Waals surface area contributed by atoms with Gasteiger partial charge in [-0.15, -0.1) is 0 Å². The number of carbonyl (C=O) groups is 2. The molecule has 1 unspecified atom stereocenters. The lowest BCUT2D eigenvalue weighted by Crippen LogP contribution is -2.30. The molecule has 1 saturated heterocycles. The standard InChI is InChI=1S/C12H14FN3O3/c13-9-5-8(14)1-2-10(9)15-11(17)7-3-4-16(6-7)12(18)19/h1-2,5,7H,3-4,6,14H2,(H,15,17)(H,18,19). The number of amides is 2. The van der Waals surface area contributed by atoms with Crippen LogP contribution in [0.15, 0.2) is 18.2 Å². The van der Waals surface area contributed by atoms with Gasteiger partial charge >= 0.3 is 6.09 Å². The number of nitrogens with one attached hydrogen (secondary N) is 1. The van der Waals surface area contributed by atoms with Crippen LogP contribution in [0.25, 0.3) is 0 Å².